The second-order valence-corrected chi connectivity index (χ2v) is 8.72. The fraction of sp³-hybridized carbons (Fsp3) is 0.273. The van der Waals surface area contributed by atoms with Crippen LogP contribution in [0.3, 0.4) is 0 Å². The molecule has 0 radical (unpaired) electrons. The van der Waals surface area contributed by atoms with Crippen molar-refractivity contribution in [2.75, 3.05) is 5.75 Å². The van der Waals surface area contributed by atoms with Crippen LogP contribution in [-0.4, -0.2) is 32.3 Å². The molecule has 0 fully saturated rings. The van der Waals surface area contributed by atoms with Gasteiger partial charge in [-0.3, -0.25) is 9.59 Å². The molecule has 1 atom stereocenters. The van der Waals surface area contributed by atoms with Crippen LogP contribution in [-0.2, 0) is 17.9 Å². The molecular formula is C22H23Cl2N5O2S. The molecule has 0 aliphatic carbocycles. The van der Waals surface area contributed by atoms with E-state index in [-0.39, 0.29) is 17.6 Å². The summed E-state index contributed by atoms with van der Waals surface area (Å²) in [4.78, 5) is 24.8. The average Bonchev–Trinajstić information content (AvgIpc) is 3.21. The van der Waals surface area contributed by atoms with Crippen LogP contribution in [0, 0.1) is 0 Å². The summed E-state index contributed by atoms with van der Waals surface area (Å²) >= 11 is 13.2. The van der Waals surface area contributed by atoms with Gasteiger partial charge in [-0.2, -0.15) is 0 Å². The first-order chi connectivity index (χ1) is 15.4. The number of carbonyl (C=O) groups excluding carboxylic acids is 2. The Hall–Kier alpha value is -2.55. The van der Waals surface area contributed by atoms with E-state index in [2.05, 4.69) is 20.8 Å². The maximum absolute atomic E-state index is 12.6. The lowest BCUT2D eigenvalue weighted by Crippen LogP contribution is -2.29. The predicted molar refractivity (Wildman–Crippen MR) is 127 cm³/mol. The van der Waals surface area contributed by atoms with Crippen molar-refractivity contribution in [2.45, 2.75) is 38.1 Å². The van der Waals surface area contributed by atoms with Crippen molar-refractivity contribution >= 4 is 46.8 Å². The molecule has 2 amide bonds. The van der Waals surface area contributed by atoms with Crippen LogP contribution in [0.4, 0.5) is 0 Å². The Morgan fingerprint density at radius 1 is 1.09 bits per heavy atom. The minimum absolute atomic E-state index is 0.0907. The molecule has 7 nitrogen and oxygen atoms in total. The Labute approximate surface area is 200 Å². The second kappa shape index (κ2) is 11.4. The van der Waals surface area contributed by atoms with Gasteiger partial charge in [0.15, 0.2) is 11.0 Å². The van der Waals surface area contributed by atoms with Crippen LogP contribution in [0.25, 0.3) is 0 Å². The molecule has 2 aromatic carbocycles. The third-order valence-electron chi connectivity index (χ3n) is 4.64. The van der Waals surface area contributed by atoms with Gasteiger partial charge in [0.05, 0.1) is 21.8 Å². The smallest absolute Gasteiger partial charge is 0.251 e. The lowest BCUT2D eigenvalue weighted by atomic mass is 10.2. The van der Waals surface area contributed by atoms with Gasteiger partial charge in [-0.05, 0) is 37.6 Å². The van der Waals surface area contributed by atoms with E-state index in [4.69, 9.17) is 23.2 Å². The second-order valence-electron chi connectivity index (χ2n) is 6.96. The van der Waals surface area contributed by atoms with Crippen LogP contribution in [0.1, 0.15) is 41.6 Å². The number of carbonyl (C=O) groups is 2. The van der Waals surface area contributed by atoms with Crippen LogP contribution >= 0.6 is 35.0 Å². The summed E-state index contributed by atoms with van der Waals surface area (Å²) in [6.07, 6.45) is 0. The van der Waals surface area contributed by atoms with Gasteiger partial charge >= 0.3 is 0 Å². The molecule has 1 heterocycles. The van der Waals surface area contributed by atoms with E-state index in [0.29, 0.717) is 39.7 Å². The van der Waals surface area contributed by atoms with Crippen LogP contribution in [0.2, 0.25) is 10.0 Å². The molecular weight excluding hydrogens is 469 g/mol. The van der Waals surface area contributed by atoms with Gasteiger partial charge in [0, 0.05) is 18.7 Å². The van der Waals surface area contributed by atoms with Crippen LogP contribution in [0.5, 0.6) is 0 Å². The normalized spacial score (nSPS) is 11.8. The number of aromatic nitrogens is 3. The highest BCUT2D eigenvalue weighted by molar-refractivity contribution is 7.99. The van der Waals surface area contributed by atoms with Crippen molar-refractivity contribution in [3.8, 4) is 0 Å². The highest BCUT2D eigenvalue weighted by atomic mass is 35.5. The summed E-state index contributed by atoms with van der Waals surface area (Å²) in [5, 5.41) is 15.6. The Kier molecular flexibility index (Phi) is 8.55. The lowest BCUT2D eigenvalue weighted by Gasteiger charge is -2.15. The maximum Gasteiger partial charge on any atom is 0.251 e. The Morgan fingerprint density at radius 2 is 1.84 bits per heavy atom. The van der Waals surface area contributed by atoms with E-state index in [9.17, 15) is 9.59 Å². The first-order valence-electron chi connectivity index (χ1n) is 10.0. The quantitative estimate of drug-likeness (QED) is 0.430. The average molecular weight is 492 g/mol. The summed E-state index contributed by atoms with van der Waals surface area (Å²) in [7, 11) is 0. The zero-order valence-corrected chi connectivity index (χ0v) is 20.0. The van der Waals surface area contributed by atoms with Crippen molar-refractivity contribution in [2.24, 2.45) is 0 Å². The Balaban J connectivity index is 1.59. The summed E-state index contributed by atoms with van der Waals surface area (Å²) in [5.41, 5.74) is 1.44. The number of amides is 2. The monoisotopic (exact) mass is 491 g/mol. The number of nitrogens with one attached hydrogen (secondary N) is 2. The first kappa shape index (κ1) is 24.1. The lowest BCUT2D eigenvalue weighted by molar-refractivity contribution is -0.118. The standard InChI is InChI=1S/C22H23Cl2N5O2S/c1-3-29-20(14(2)26-21(31)16-9-10-17(23)18(24)11-16)27-28-22(29)32-13-19(30)25-12-15-7-5-4-6-8-15/h4-11,14H,3,12-13H2,1-2H3,(H,25,30)(H,26,31)/t14-/m0/s1. The molecule has 0 spiro atoms. The van der Waals surface area contributed by atoms with E-state index in [1.54, 1.807) is 12.1 Å². The van der Waals surface area contributed by atoms with Gasteiger partial charge in [0.1, 0.15) is 0 Å². The molecule has 3 rings (SSSR count). The molecule has 0 aliphatic rings. The fourth-order valence-corrected chi connectivity index (χ4v) is 4.12. The molecule has 0 bridgehead atoms. The summed E-state index contributed by atoms with van der Waals surface area (Å²) in [5.74, 6) is 0.436. The predicted octanol–water partition coefficient (Wildman–Crippen LogP) is 4.50. The molecule has 3 aromatic rings. The maximum atomic E-state index is 12.6. The van der Waals surface area contributed by atoms with Gasteiger partial charge in [0.2, 0.25) is 5.91 Å². The highest BCUT2D eigenvalue weighted by Gasteiger charge is 2.20. The number of nitrogens with zero attached hydrogens (tertiary/aromatic N) is 3. The van der Waals surface area contributed by atoms with Crippen LogP contribution < -0.4 is 10.6 Å². The Morgan fingerprint density at radius 3 is 2.53 bits per heavy atom. The Bertz CT molecular complexity index is 1090. The molecule has 0 unspecified atom stereocenters. The van der Waals surface area contributed by atoms with Crippen molar-refractivity contribution in [3.63, 3.8) is 0 Å². The topological polar surface area (TPSA) is 88.9 Å². The number of benzene rings is 2. The zero-order valence-electron chi connectivity index (χ0n) is 17.6. The number of hydrogen-bond acceptors (Lipinski definition) is 5. The summed E-state index contributed by atoms with van der Waals surface area (Å²) in [6.45, 7) is 4.86. The molecule has 32 heavy (non-hydrogen) atoms. The van der Waals surface area contributed by atoms with Gasteiger partial charge < -0.3 is 15.2 Å². The van der Waals surface area contributed by atoms with Gasteiger partial charge in [0.25, 0.3) is 5.91 Å². The SMILES string of the molecule is CCn1c(SCC(=O)NCc2ccccc2)nnc1[C@H](C)NC(=O)c1ccc(Cl)c(Cl)c1. The fourth-order valence-electron chi connectivity index (χ4n) is 2.98. The first-order valence-corrected chi connectivity index (χ1v) is 11.8. The minimum Gasteiger partial charge on any atom is -0.351 e. The van der Waals surface area contributed by atoms with Crippen LogP contribution in [0.15, 0.2) is 53.7 Å². The molecule has 168 valence electrons. The van der Waals surface area contributed by atoms with E-state index < -0.39 is 6.04 Å². The summed E-state index contributed by atoms with van der Waals surface area (Å²) < 4.78 is 1.88. The van der Waals surface area contributed by atoms with E-state index >= 15 is 0 Å². The molecule has 10 heteroatoms. The van der Waals surface area contributed by atoms with E-state index in [1.165, 1.54) is 17.8 Å². The van der Waals surface area contributed by atoms with E-state index in [1.807, 2.05) is 48.7 Å². The number of hydrogen-bond donors (Lipinski definition) is 2. The number of halogens is 2. The minimum atomic E-state index is -0.398. The molecule has 0 saturated carbocycles. The van der Waals surface area contributed by atoms with Gasteiger partial charge in [-0.25, -0.2) is 0 Å². The van der Waals surface area contributed by atoms with Gasteiger partial charge in [-0.1, -0.05) is 65.3 Å². The molecule has 0 saturated heterocycles. The summed E-state index contributed by atoms with van der Waals surface area (Å²) in [6, 6.07) is 14.0. The largest absolute Gasteiger partial charge is 0.351 e. The van der Waals surface area contributed by atoms with Crippen molar-refractivity contribution < 1.29 is 9.59 Å². The van der Waals surface area contributed by atoms with Crippen molar-refractivity contribution in [1.82, 2.24) is 25.4 Å². The van der Waals surface area contributed by atoms with Crippen molar-refractivity contribution in [3.05, 3.63) is 75.5 Å². The third kappa shape index (κ3) is 6.25. The zero-order chi connectivity index (χ0) is 23.1. The van der Waals surface area contributed by atoms with Gasteiger partial charge in [-0.15, -0.1) is 10.2 Å². The van der Waals surface area contributed by atoms with Crippen molar-refractivity contribution in [1.29, 1.82) is 0 Å². The molecule has 2 N–H and O–H groups in total. The molecule has 1 aromatic heterocycles. The number of rotatable bonds is 9. The highest BCUT2D eigenvalue weighted by Crippen LogP contribution is 2.24. The molecule has 0 aliphatic heterocycles. The number of thioether (sulfide) groups is 1. The van der Waals surface area contributed by atoms with E-state index in [0.717, 1.165) is 5.56 Å². The third-order valence-corrected chi connectivity index (χ3v) is 6.35.